The lowest BCUT2D eigenvalue weighted by Crippen LogP contribution is -2.23. The van der Waals surface area contributed by atoms with Gasteiger partial charge in [-0.25, -0.2) is 9.89 Å². The average Bonchev–Trinajstić information content (AvgIpc) is 2.72. The van der Waals surface area contributed by atoms with Crippen LogP contribution in [0.15, 0.2) is 47.3 Å². The summed E-state index contributed by atoms with van der Waals surface area (Å²) in [7, 11) is 0. The van der Waals surface area contributed by atoms with Crippen LogP contribution >= 0.6 is 0 Å². The molecule has 0 fully saturated rings. The van der Waals surface area contributed by atoms with E-state index >= 15 is 0 Å². The number of ether oxygens (including phenoxy) is 1. The summed E-state index contributed by atoms with van der Waals surface area (Å²) in [5.74, 6) is -2.10. The van der Waals surface area contributed by atoms with E-state index in [0.29, 0.717) is 6.07 Å². The van der Waals surface area contributed by atoms with E-state index in [1.165, 1.54) is 12.1 Å². The van der Waals surface area contributed by atoms with E-state index in [0.717, 1.165) is 6.07 Å². The number of carbonyl (C=O) groups excluding carboxylic acids is 2. The Kier molecular flexibility index (Phi) is 5.68. The highest BCUT2D eigenvalue weighted by Gasteiger charge is 2.33. The van der Waals surface area contributed by atoms with Crippen molar-refractivity contribution >= 4 is 34.0 Å². The second-order valence-electron chi connectivity index (χ2n) is 6.06. The van der Waals surface area contributed by atoms with Crippen LogP contribution in [0, 0.1) is 10.1 Å². The first-order valence-electron chi connectivity index (χ1n) is 8.38. The van der Waals surface area contributed by atoms with Gasteiger partial charge < -0.3 is 10.1 Å². The molecular weight excluding hydrogens is 425 g/mol. The number of alkyl halides is 3. The van der Waals surface area contributed by atoms with Gasteiger partial charge in [0.25, 0.3) is 17.2 Å². The number of nitrogens with zero attached hydrogens (tertiary/aromatic N) is 2. The number of carbonyl (C=O) groups is 2. The summed E-state index contributed by atoms with van der Waals surface area (Å²) in [5.41, 5.74) is -3.57. The topological polar surface area (TPSA) is 144 Å². The molecule has 0 aliphatic carbocycles. The predicted molar refractivity (Wildman–Crippen MR) is 99.4 cm³/mol. The molecule has 0 saturated heterocycles. The van der Waals surface area contributed by atoms with E-state index in [2.05, 4.69) is 10.2 Å². The van der Waals surface area contributed by atoms with Gasteiger partial charge in [-0.1, -0.05) is 18.2 Å². The Morgan fingerprint density at radius 2 is 1.84 bits per heavy atom. The lowest BCUT2D eigenvalue weighted by atomic mass is 10.1. The van der Waals surface area contributed by atoms with Crippen LogP contribution in [0.2, 0.25) is 0 Å². The molecule has 0 aliphatic heterocycles. The molecular formula is C18H11F3N4O6. The quantitative estimate of drug-likeness (QED) is 0.355. The summed E-state index contributed by atoms with van der Waals surface area (Å²) in [5, 5.41) is 19.1. The number of aromatic nitrogens is 2. The molecule has 0 spiro atoms. The van der Waals surface area contributed by atoms with Gasteiger partial charge in [-0.3, -0.25) is 19.7 Å². The maximum atomic E-state index is 12.7. The molecule has 31 heavy (non-hydrogen) atoms. The number of fused-ring (bicyclic) bond motifs is 1. The number of benzene rings is 2. The molecule has 0 bridgehead atoms. The van der Waals surface area contributed by atoms with Gasteiger partial charge >= 0.3 is 12.1 Å². The number of halogens is 3. The van der Waals surface area contributed by atoms with Gasteiger partial charge in [-0.15, -0.1) is 0 Å². The van der Waals surface area contributed by atoms with Crippen LogP contribution < -0.4 is 10.9 Å². The molecule has 0 aliphatic rings. The zero-order chi connectivity index (χ0) is 22.8. The van der Waals surface area contributed by atoms with E-state index in [-0.39, 0.29) is 22.5 Å². The molecule has 1 amide bonds. The summed E-state index contributed by atoms with van der Waals surface area (Å²) < 4.78 is 43.0. The number of H-pyrrole nitrogens is 1. The van der Waals surface area contributed by atoms with Crippen molar-refractivity contribution in [3.8, 4) is 0 Å². The third-order valence-electron chi connectivity index (χ3n) is 4.02. The molecule has 0 saturated carbocycles. The van der Waals surface area contributed by atoms with Crippen LogP contribution in [0.3, 0.4) is 0 Å². The Morgan fingerprint density at radius 3 is 2.48 bits per heavy atom. The van der Waals surface area contributed by atoms with E-state index in [9.17, 15) is 37.7 Å². The molecule has 2 aromatic carbocycles. The Morgan fingerprint density at radius 1 is 1.16 bits per heavy atom. The minimum Gasteiger partial charge on any atom is -0.451 e. The van der Waals surface area contributed by atoms with Crippen molar-refractivity contribution in [3.05, 3.63) is 74.2 Å². The van der Waals surface area contributed by atoms with Gasteiger partial charge in [-0.05, 0) is 18.2 Å². The molecule has 3 rings (SSSR count). The maximum absolute atomic E-state index is 12.7. The minimum absolute atomic E-state index is 0.161. The van der Waals surface area contributed by atoms with E-state index in [1.54, 1.807) is 12.1 Å². The Hall–Kier alpha value is -4.29. The van der Waals surface area contributed by atoms with Crippen LogP contribution in [-0.4, -0.2) is 33.6 Å². The van der Waals surface area contributed by atoms with Crippen molar-refractivity contribution in [2.45, 2.75) is 6.18 Å². The molecule has 13 heteroatoms. The predicted octanol–water partition coefficient (Wildman–Crippen LogP) is 2.65. The first-order chi connectivity index (χ1) is 14.6. The van der Waals surface area contributed by atoms with E-state index in [4.69, 9.17) is 4.74 Å². The van der Waals surface area contributed by atoms with Crippen molar-refractivity contribution in [3.63, 3.8) is 0 Å². The van der Waals surface area contributed by atoms with Crippen LogP contribution in [-0.2, 0) is 15.7 Å². The molecule has 0 atom stereocenters. The number of nitro groups is 1. The number of esters is 1. The van der Waals surface area contributed by atoms with E-state index < -0.39 is 52.1 Å². The average molecular weight is 436 g/mol. The molecule has 1 aromatic heterocycles. The highest BCUT2D eigenvalue weighted by atomic mass is 19.4. The van der Waals surface area contributed by atoms with Gasteiger partial charge in [0.2, 0.25) is 0 Å². The Bertz CT molecular complexity index is 1260. The van der Waals surface area contributed by atoms with Gasteiger partial charge in [0, 0.05) is 11.5 Å². The minimum atomic E-state index is -4.81. The fraction of sp³-hybridized carbons (Fsp3) is 0.111. The summed E-state index contributed by atoms with van der Waals surface area (Å²) in [6.07, 6.45) is -4.81. The third-order valence-corrected chi connectivity index (χ3v) is 4.02. The zero-order valence-corrected chi connectivity index (χ0v) is 15.2. The first kappa shape index (κ1) is 21.4. The van der Waals surface area contributed by atoms with Gasteiger partial charge in [-0.2, -0.15) is 18.3 Å². The lowest BCUT2D eigenvalue weighted by molar-refractivity contribution is -0.384. The van der Waals surface area contributed by atoms with Gasteiger partial charge in [0.1, 0.15) is 5.69 Å². The van der Waals surface area contributed by atoms with Gasteiger partial charge in [0.15, 0.2) is 12.3 Å². The normalized spacial score (nSPS) is 11.2. The van der Waals surface area contributed by atoms with E-state index in [1.807, 2.05) is 5.32 Å². The van der Waals surface area contributed by atoms with Crippen molar-refractivity contribution < 1.29 is 32.4 Å². The number of hydrogen-bond acceptors (Lipinski definition) is 7. The fourth-order valence-electron chi connectivity index (χ4n) is 2.62. The molecule has 1 heterocycles. The SMILES string of the molecule is O=C(COC(=O)c1n[nH]c(=O)c2ccccc12)Nc1ccc(C(F)(F)F)cc1[N+](=O)[O-]. The molecule has 2 N–H and O–H groups in total. The summed E-state index contributed by atoms with van der Waals surface area (Å²) in [6, 6.07) is 7.57. The lowest BCUT2D eigenvalue weighted by Gasteiger charge is -2.10. The molecule has 3 aromatic rings. The fourth-order valence-corrected chi connectivity index (χ4v) is 2.62. The number of rotatable bonds is 5. The first-order valence-corrected chi connectivity index (χ1v) is 8.38. The second-order valence-corrected chi connectivity index (χ2v) is 6.06. The summed E-state index contributed by atoms with van der Waals surface area (Å²) >= 11 is 0. The number of nitrogens with one attached hydrogen (secondary N) is 2. The van der Waals surface area contributed by atoms with Crippen molar-refractivity contribution in [1.82, 2.24) is 10.2 Å². The second kappa shape index (κ2) is 8.22. The van der Waals surface area contributed by atoms with Gasteiger partial charge in [0.05, 0.1) is 15.9 Å². The Labute approximate surface area is 169 Å². The standard InChI is InChI=1S/C18H11F3N4O6/c19-18(20,21)9-5-6-12(13(7-9)25(29)30)22-14(26)8-31-17(28)15-10-3-1-2-4-11(10)16(27)24-23-15/h1-7H,8H2,(H,22,26)(H,24,27). The molecule has 0 unspecified atom stereocenters. The van der Waals surface area contributed by atoms with Crippen LogP contribution in [0.1, 0.15) is 16.1 Å². The largest absolute Gasteiger partial charge is 0.451 e. The third kappa shape index (κ3) is 4.66. The molecule has 10 nitrogen and oxygen atoms in total. The molecule has 160 valence electrons. The number of hydrogen-bond donors (Lipinski definition) is 2. The van der Waals surface area contributed by atoms with Crippen LogP contribution in [0.25, 0.3) is 10.8 Å². The van der Waals surface area contributed by atoms with Crippen molar-refractivity contribution in [1.29, 1.82) is 0 Å². The molecule has 0 radical (unpaired) electrons. The van der Waals surface area contributed by atoms with Crippen molar-refractivity contribution in [2.75, 3.05) is 11.9 Å². The number of aromatic amines is 1. The smallest absolute Gasteiger partial charge is 0.416 e. The highest BCUT2D eigenvalue weighted by molar-refractivity contribution is 6.03. The number of nitro benzene ring substituents is 1. The van der Waals surface area contributed by atoms with Crippen LogP contribution in [0.4, 0.5) is 24.5 Å². The Balaban J connectivity index is 1.74. The van der Waals surface area contributed by atoms with Crippen molar-refractivity contribution in [2.24, 2.45) is 0 Å². The summed E-state index contributed by atoms with van der Waals surface area (Å²) in [6.45, 7) is -0.911. The zero-order valence-electron chi connectivity index (χ0n) is 15.2. The maximum Gasteiger partial charge on any atom is 0.416 e. The summed E-state index contributed by atoms with van der Waals surface area (Å²) in [4.78, 5) is 45.9. The number of amides is 1. The highest BCUT2D eigenvalue weighted by Crippen LogP contribution is 2.34. The van der Waals surface area contributed by atoms with Crippen LogP contribution in [0.5, 0.6) is 0 Å². The number of anilines is 1. The monoisotopic (exact) mass is 436 g/mol.